The molecule has 0 aliphatic heterocycles. The molecule has 0 aliphatic rings. The van der Waals surface area contributed by atoms with Crippen molar-refractivity contribution in [3.8, 4) is 11.5 Å². The first kappa shape index (κ1) is 13.3. The zero-order chi connectivity index (χ0) is 13.1. The summed E-state index contributed by atoms with van der Waals surface area (Å²) in [5.41, 5.74) is 0.386. The minimum absolute atomic E-state index is 0.0167. The third-order valence-electron chi connectivity index (χ3n) is 2.32. The van der Waals surface area contributed by atoms with E-state index in [0.29, 0.717) is 20.8 Å². The number of rotatable bonds is 3. The Bertz CT molecular complexity index is 575. The molecule has 2 aromatic carbocycles. The summed E-state index contributed by atoms with van der Waals surface area (Å²) in [6.07, 6.45) is 0. The maximum absolute atomic E-state index is 13.7. The van der Waals surface area contributed by atoms with Crippen LogP contribution < -0.4 is 4.74 Å². The van der Waals surface area contributed by atoms with Crippen molar-refractivity contribution in [2.45, 2.75) is 6.61 Å². The summed E-state index contributed by atoms with van der Waals surface area (Å²) < 4.78 is 19.7. The van der Waals surface area contributed by atoms with Crippen molar-refractivity contribution in [3.05, 3.63) is 57.3 Å². The van der Waals surface area contributed by atoms with Crippen LogP contribution in [0, 0.1) is 5.82 Å². The quantitative estimate of drug-likeness (QED) is 0.895. The molecule has 0 heterocycles. The van der Waals surface area contributed by atoms with Crippen LogP contribution in [0.25, 0.3) is 0 Å². The lowest BCUT2D eigenvalue weighted by Crippen LogP contribution is -1.95. The van der Waals surface area contributed by atoms with Crippen LogP contribution in [0.1, 0.15) is 5.56 Å². The van der Waals surface area contributed by atoms with Gasteiger partial charge in [0.2, 0.25) is 0 Å². The molecule has 2 rings (SSSR count). The van der Waals surface area contributed by atoms with E-state index < -0.39 is 5.82 Å². The van der Waals surface area contributed by atoms with Gasteiger partial charge < -0.3 is 9.84 Å². The molecule has 0 radical (unpaired) electrons. The molecule has 2 nitrogen and oxygen atoms in total. The first-order chi connectivity index (χ1) is 8.61. The fraction of sp³-hybridized carbons (Fsp3) is 0.0769. The molecule has 0 amide bonds. The summed E-state index contributed by atoms with van der Waals surface area (Å²) in [5.74, 6) is -0.0781. The standard InChI is InChI=1S/C13H9BrClFO2/c14-10-6-9(15)4-5-12(10)18-13-8(7-17)2-1-3-11(13)16/h1-6,17H,7H2. The smallest absolute Gasteiger partial charge is 0.168 e. The number of aliphatic hydroxyl groups excluding tert-OH is 1. The van der Waals surface area contributed by atoms with E-state index in [4.69, 9.17) is 21.4 Å². The predicted molar refractivity (Wildman–Crippen MR) is 71.5 cm³/mol. The first-order valence-corrected chi connectivity index (χ1v) is 6.30. The lowest BCUT2D eigenvalue weighted by Gasteiger charge is -2.12. The maximum Gasteiger partial charge on any atom is 0.168 e. The Labute approximate surface area is 117 Å². The lowest BCUT2D eigenvalue weighted by atomic mass is 10.2. The molecular formula is C13H9BrClFO2. The summed E-state index contributed by atoms with van der Waals surface area (Å²) in [4.78, 5) is 0. The maximum atomic E-state index is 13.7. The molecular weight excluding hydrogens is 322 g/mol. The highest BCUT2D eigenvalue weighted by molar-refractivity contribution is 9.10. The van der Waals surface area contributed by atoms with Gasteiger partial charge in [-0.1, -0.05) is 23.7 Å². The first-order valence-electron chi connectivity index (χ1n) is 5.13. The van der Waals surface area contributed by atoms with Crippen molar-refractivity contribution in [2.75, 3.05) is 0 Å². The van der Waals surface area contributed by atoms with Gasteiger partial charge in [-0.15, -0.1) is 0 Å². The van der Waals surface area contributed by atoms with Gasteiger partial charge in [-0.2, -0.15) is 0 Å². The molecule has 0 atom stereocenters. The molecule has 5 heteroatoms. The minimum atomic E-state index is -0.525. The number of ether oxygens (including phenoxy) is 1. The van der Waals surface area contributed by atoms with Crippen LogP contribution in [-0.2, 0) is 6.61 Å². The van der Waals surface area contributed by atoms with Crippen molar-refractivity contribution in [3.63, 3.8) is 0 Å². The second-order valence-electron chi connectivity index (χ2n) is 3.56. The van der Waals surface area contributed by atoms with Gasteiger partial charge in [-0.3, -0.25) is 0 Å². The zero-order valence-corrected chi connectivity index (χ0v) is 11.5. The SMILES string of the molecule is OCc1cccc(F)c1Oc1ccc(Cl)cc1Br. The van der Waals surface area contributed by atoms with Gasteiger partial charge in [0.15, 0.2) is 11.6 Å². The highest BCUT2D eigenvalue weighted by atomic mass is 79.9. The summed E-state index contributed by atoms with van der Waals surface area (Å²) in [6.45, 7) is -0.293. The van der Waals surface area contributed by atoms with Gasteiger partial charge in [0.05, 0.1) is 11.1 Å². The second-order valence-corrected chi connectivity index (χ2v) is 4.85. The molecule has 18 heavy (non-hydrogen) atoms. The van der Waals surface area contributed by atoms with Crippen LogP contribution >= 0.6 is 27.5 Å². The Hall–Kier alpha value is -1.10. The highest BCUT2D eigenvalue weighted by Gasteiger charge is 2.12. The van der Waals surface area contributed by atoms with Gasteiger partial charge in [0.25, 0.3) is 0 Å². The summed E-state index contributed by atoms with van der Waals surface area (Å²) >= 11 is 9.09. The lowest BCUT2D eigenvalue weighted by molar-refractivity contribution is 0.274. The molecule has 0 fully saturated rings. The van der Waals surface area contributed by atoms with Crippen LogP contribution in [0.3, 0.4) is 0 Å². The number of hydrogen-bond donors (Lipinski definition) is 1. The Balaban J connectivity index is 2.39. The van der Waals surface area contributed by atoms with Gasteiger partial charge >= 0.3 is 0 Å². The number of aliphatic hydroxyl groups is 1. The van der Waals surface area contributed by atoms with Gasteiger partial charge in [-0.25, -0.2) is 4.39 Å². The van der Waals surface area contributed by atoms with Crippen molar-refractivity contribution in [1.82, 2.24) is 0 Å². The van der Waals surface area contributed by atoms with Crippen LogP contribution in [-0.4, -0.2) is 5.11 Å². The fourth-order valence-corrected chi connectivity index (χ4v) is 2.22. The molecule has 0 spiro atoms. The van der Waals surface area contributed by atoms with E-state index in [2.05, 4.69) is 15.9 Å². The van der Waals surface area contributed by atoms with E-state index in [1.54, 1.807) is 24.3 Å². The summed E-state index contributed by atoms with van der Waals surface area (Å²) in [6, 6.07) is 9.31. The summed E-state index contributed by atoms with van der Waals surface area (Å²) in [5, 5.41) is 9.70. The third kappa shape index (κ3) is 2.83. The second kappa shape index (κ2) is 5.69. The highest BCUT2D eigenvalue weighted by Crippen LogP contribution is 2.34. The van der Waals surface area contributed by atoms with Crippen LogP contribution in [0.2, 0.25) is 5.02 Å². The molecule has 94 valence electrons. The molecule has 2 aromatic rings. The minimum Gasteiger partial charge on any atom is -0.453 e. The van der Waals surface area contributed by atoms with Gasteiger partial charge in [0, 0.05) is 10.6 Å². The van der Waals surface area contributed by atoms with Crippen molar-refractivity contribution in [1.29, 1.82) is 0 Å². The van der Waals surface area contributed by atoms with E-state index in [9.17, 15) is 4.39 Å². The molecule has 1 N–H and O–H groups in total. The molecule has 0 unspecified atom stereocenters. The molecule has 0 bridgehead atoms. The zero-order valence-electron chi connectivity index (χ0n) is 9.16. The van der Waals surface area contributed by atoms with Crippen LogP contribution in [0.4, 0.5) is 4.39 Å². The molecule has 0 saturated carbocycles. The molecule has 0 aliphatic carbocycles. The van der Waals surface area contributed by atoms with Crippen molar-refractivity contribution < 1.29 is 14.2 Å². The van der Waals surface area contributed by atoms with E-state index in [-0.39, 0.29) is 12.4 Å². The number of halogens is 3. The van der Waals surface area contributed by atoms with E-state index >= 15 is 0 Å². The van der Waals surface area contributed by atoms with Gasteiger partial charge in [0.1, 0.15) is 5.75 Å². The van der Waals surface area contributed by atoms with Gasteiger partial charge in [-0.05, 0) is 40.2 Å². The Kier molecular flexibility index (Phi) is 4.22. The number of benzene rings is 2. The largest absolute Gasteiger partial charge is 0.453 e. The number of para-hydroxylation sites is 1. The fourth-order valence-electron chi connectivity index (χ4n) is 1.46. The average molecular weight is 332 g/mol. The molecule has 0 aromatic heterocycles. The Morgan fingerprint density at radius 3 is 2.72 bits per heavy atom. The molecule has 0 saturated heterocycles. The monoisotopic (exact) mass is 330 g/mol. The predicted octanol–water partition coefficient (Wildman–Crippen LogP) is 4.53. The van der Waals surface area contributed by atoms with Crippen LogP contribution in [0.5, 0.6) is 11.5 Å². The Morgan fingerprint density at radius 1 is 1.28 bits per heavy atom. The normalized spacial score (nSPS) is 10.4. The third-order valence-corrected chi connectivity index (χ3v) is 3.18. The summed E-state index contributed by atoms with van der Waals surface area (Å²) in [7, 11) is 0. The van der Waals surface area contributed by atoms with E-state index in [0.717, 1.165) is 0 Å². The topological polar surface area (TPSA) is 29.5 Å². The van der Waals surface area contributed by atoms with E-state index in [1.807, 2.05) is 0 Å². The number of hydrogen-bond acceptors (Lipinski definition) is 2. The van der Waals surface area contributed by atoms with Crippen molar-refractivity contribution in [2.24, 2.45) is 0 Å². The van der Waals surface area contributed by atoms with Crippen LogP contribution in [0.15, 0.2) is 40.9 Å². The Morgan fingerprint density at radius 2 is 2.06 bits per heavy atom. The van der Waals surface area contributed by atoms with Crippen molar-refractivity contribution >= 4 is 27.5 Å². The van der Waals surface area contributed by atoms with E-state index in [1.165, 1.54) is 12.1 Å². The average Bonchev–Trinajstić information content (AvgIpc) is 2.34.